The summed E-state index contributed by atoms with van der Waals surface area (Å²) < 4.78 is 10.6. The van der Waals surface area contributed by atoms with E-state index in [9.17, 15) is 19.2 Å². The molecule has 9 nitrogen and oxygen atoms in total. The standard InChI is InChI=1S/C35H47N3O6S/c1-21(2)15-32(40)38(7)30(22(3)4)19-31(44-24(6)39)34-37-29(20-45-34)33(41)36-28(16-23(5)35(42)43-8)18-25-13-14-26-11-9-10-12-27(26)17-25/h9-14,17,20-23,28,30-31H,15-16,18-19H2,1-8H3,(H,36,41)/t23-,28+,30?,31+/m0/s1. The number of carbonyl (C=O) groups is 4. The molecule has 2 aromatic carbocycles. The second-order valence-corrected chi connectivity index (χ2v) is 13.4. The molecule has 10 heteroatoms. The zero-order valence-electron chi connectivity index (χ0n) is 27.7. The van der Waals surface area contributed by atoms with Crippen molar-refractivity contribution < 1.29 is 28.7 Å². The number of aromatic nitrogens is 1. The highest BCUT2D eigenvalue weighted by Gasteiger charge is 2.31. The van der Waals surface area contributed by atoms with Crippen molar-refractivity contribution in [2.75, 3.05) is 14.2 Å². The van der Waals surface area contributed by atoms with Crippen LogP contribution in [-0.4, -0.2) is 59.9 Å². The van der Waals surface area contributed by atoms with Crippen LogP contribution in [0.1, 0.15) is 88.0 Å². The van der Waals surface area contributed by atoms with E-state index in [0.717, 1.165) is 16.3 Å². The minimum atomic E-state index is -0.719. The molecule has 0 aliphatic rings. The number of fused-ring (bicyclic) bond motifs is 1. The lowest BCUT2D eigenvalue weighted by molar-refractivity contribution is -0.148. The molecule has 4 atom stereocenters. The number of methoxy groups -OCH3 is 1. The van der Waals surface area contributed by atoms with Gasteiger partial charge in [-0.3, -0.25) is 19.2 Å². The summed E-state index contributed by atoms with van der Waals surface area (Å²) in [6.45, 7) is 11.2. The van der Waals surface area contributed by atoms with Crippen molar-refractivity contribution >= 4 is 45.9 Å². The Labute approximate surface area is 270 Å². The van der Waals surface area contributed by atoms with E-state index in [0.29, 0.717) is 30.7 Å². The minimum Gasteiger partial charge on any atom is -0.469 e. The molecular formula is C35H47N3O6S. The number of carbonyl (C=O) groups excluding carboxylic acids is 4. The van der Waals surface area contributed by atoms with Gasteiger partial charge < -0.3 is 19.7 Å². The van der Waals surface area contributed by atoms with Gasteiger partial charge in [0, 0.05) is 44.3 Å². The van der Waals surface area contributed by atoms with E-state index in [1.54, 1.807) is 24.3 Å². The average molecular weight is 638 g/mol. The number of thiazole rings is 1. The summed E-state index contributed by atoms with van der Waals surface area (Å²) in [5, 5.41) is 7.43. The summed E-state index contributed by atoms with van der Waals surface area (Å²) in [5.74, 6) is -1.27. The van der Waals surface area contributed by atoms with E-state index in [2.05, 4.69) is 16.4 Å². The zero-order valence-corrected chi connectivity index (χ0v) is 28.5. The van der Waals surface area contributed by atoms with Crippen molar-refractivity contribution in [1.29, 1.82) is 0 Å². The molecule has 0 aliphatic heterocycles. The van der Waals surface area contributed by atoms with Gasteiger partial charge in [-0.15, -0.1) is 11.3 Å². The third-order valence-corrected chi connectivity index (χ3v) is 8.85. The monoisotopic (exact) mass is 637 g/mol. The largest absolute Gasteiger partial charge is 0.469 e. The Morgan fingerprint density at radius 2 is 1.67 bits per heavy atom. The predicted molar refractivity (Wildman–Crippen MR) is 177 cm³/mol. The molecule has 0 radical (unpaired) electrons. The van der Waals surface area contributed by atoms with E-state index in [1.807, 2.05) is 64.1 Å². The Bertz CT molecular complexity index is 1470. The molecule has 45 heavy (non-hydrogen) atoms. The van der Waals surface area contributed by atoms with Crippen LogP contribution >= 0.6 is 11.3 Å². The molecule has 1 heterocycles. The highest BCUT2D eigenvalue weighted by Crippen LogP contribution is 2.31. The van der Waals surface area contributed by atoms with Gasteiger partial charge in [0.15, 0.2) is 6.10 Å². The van der Waals surface area contributed by atoms with Gasteiger partial charge in [-0.1, -0.05) is 77.1 Å². The summed E-state index contributed by atoms with van der Waals surface area (Å²) in [4.78, 5) is 57.1. The van der Waals surface area contributed by atoms with Crippen LogP contribution in [0, 0.1) is 17.8 Å². The van der Waals surface area contributed by atoms with Gasteiger partial charge in [0.05, 0.1) is 13.0 Å². The summed E-state index contributed by atoms with van der Waals surface area (Å²) in [6, 6.07) is 13.7. The number of rotatable bonds is 15. The first-order valence-corrected chi connectivity index (χ1v) is 16.4. The molecule has 244 valence electrons. The van der Waals surface area contributed by atoms with Crippen LogP contribution in [0.3, 0.4) is 0 Å². The first-order chi connectivity index (χ1) is 21.3. The van der Waals surface area contributed by atoms with Crippen molar-refractivity contribution in [1.82, 2.24) is 15.2 Å². The molecule has 0 aliphatic carbocycles. The fourth-order valence-electron chi connectivity index (χ4n) is 5.54. The Balaban J connectivity index is 1.82. The van der Waals surface area contributed by atoms with E-state index in [1.165, 1.54) is 25.4 Å². The fraction of sp³-hybridized carbons (Fsp3) is 0.514. The van der Waals surface area contributed by atoms with Crippen LogP contribution in [0.2, 0.25) is 0 Å². The van der Waals surface area contributed by atoms with E-state index in [-0.39, 0.29) is 47.4 Å². The minimum absolute atomic E-state index is 0.0307. The van der Waals surface area contributed by atoms with Crippen LogP contribution in [-0.2, 0) is 30.3 Å². The smallest absolute Gasteiger partial charge is 0.308 e. The number of hydrogen-bond donors (Lipinski definition) is 1. The van der Waals surface area contributed by atoms with Crippen LogP contribution in [0.25, 0.3) is 10.8 Å². The van der Waals surface area contributed by atoms with Crippen LogP contribution < -0.4 is 5.32 Å². The maximum atomic E-state index is 13.5. The molecule has 3 aromatic rings. The normalized spacial score (nSPS) is 14.1. The van der Waals surface area contributed by atoms with Crippen LogP contribution in [0.15, 0.2) is 47.8 Å². The summed E-state index contributed by atoms with van der Waals surface area (Å²) >= 11 is 1.24. The van der Waals surface area contributed by atoms with Gasteiger partial charge in [-0.2, -0.15) is 0 Å². The van der Waals surface area contributed by atoms with Gasteiger partial charge in [0.1, 0.15) is 10.7 Å². The van der Waals surface area contributed by atoms with Crippen molar-refractivity contribution in [3.05, 3.63) is 64.1 Å². The number of esters is 2. The molecule has 1 N–H and O–H groups in total. The van der Waals surface area contributed by atoms with E-state index in [4.69, 9.17) is 9.47 Å². The Morgan fingerprint density at radius 1 is 0.978 bits per heavy atom. The summed E-state index contributed by atoms with van der Waals surface area (Å²) in [5.41, 5.74) is 1.23. The number of hydrogen-bond acceptors (Lipinski definition) is 8. The van der Waals surface area contributed by atoms with Gasteiger partial charge in [0.2, 0.25) is 5.91 Å². The first-order valence-electron chi connectivity index (χ1n) is 15.5. The molecule has 1 unspecified atom stereocenters. The number of nitrogens with zero attached hydrogens (tertiary/aromatic N) is 2. The third-order valence-electron chi connectivity index (χ3n) is 7.91. The summed E-state index contributed by atoms with van der Waals surface area (Å²) in [7, 11) is 3.14. The number of ether oxygens (including phenoxy) is 2. The number of benzene rings is 2. The topological polar surface area (TPSA) is 115 Å². The lowest BCUT2D eigenvalue weighted by atomic mass is 9.94. The molecule has 0 fully saturated rings. The van der Waals surface area contributed by atoms with Gasteiger partial charge in [0.25, 0.3) is 5.91 Å². The average Bonchev–Trinajstić information content (AvgIpc) is 3.48. The molecule has 0 saturated carbocycles. The molecule has 0 spiro atoms. The molecule has 3 rings (SSSR count). The van der Waals surface area contributed by atoms with Gasteiger partial charge in [-0.05, 0) is 41.0 Å². The maximum absolute atomic E-state index is 13.5. The molecule has 0 saturated heterocycles. The quantitative estimate of drug-likeness (QED) is 0.193. The highest BCUT2D eigenvalue weighted by molar-refractivity contribution is 7.09. The SMILES string of the molecule is COC(=O)[C@@H](C)C[C@H](Cc1ccc2ccccc2c1)NC(=O)c1csc([C@@H](CC(C(C)C)N(C)C(=O)CC(C)C)OC(C)=O)n1. The highest BCUT2D eigenvalue weighted by atomic mass is 32.1. The molecular weight excluding hydrogens is 590 g/mol. The van der Waals surface area contributed by atoms with Gasteiger partial charge in [-0.25, -0.2) is 4.98 Å². The lowest BCUT2D eigenvalue weighted by Crippen LogP contribution is -2.42. The first kappa shape index (κ1) is 35.7. The number of nitrogens with one attached hydrogen (secondary N) is 1. The Morgan fingerprint density at radius 3 is 2.29 bits per heavy atom. The number of amides is 2. The zero-order chi connectivity index (χ0) is 33.3. The maximum Gasteiger partial charge on any atom is 0.308 e. The van der Waals surface area contributed by atoms with Crippen molar-refractivity contribution in [2.24, 2.45) is 17.8 Å². The van der Waals surface area contributed by atoms with Crippen LogP contribution in [0.4, 0.5) is 0 Å². The molecule has 0 bridgehead atoms. The molecule has 1 aromatic heterocycles. The van der Waals surface area contributed by atoms with Crippen molar-refractivity contribution in [2.45, 2.75) is 85.4 Å². The summed E-state index contributed by atoms with van der Waals surface area (Å²) in [6.07, 6.45) is 0.952. The Kier molecular flexibility index (Phi) is 13.1. The van der Waals surface area contributed by atoms with Crippen molar-refractivity contribution in [3.8, 4) is 0 Å². The Hall–Kier alpha value is -3.79. The third kappa shape index (κ3) is 10.4. The molecule has 2 amide bonds. The second-order valence-electron chi connectivity index (χ2n) is 12.5. The second kappa shape index (κ2) is 16.5. The fourth-order valence-corrected chi connectivity index (χ4v) is 6.38. The lowest BCUT2D eigenvalue weighted by Gasteiger charge is -2.34. The predicted octanol–water partition coefficient (Wildman–Crippen LogP) is 6.36. The van der Waals surface area contributed by atoms with Gasteiger partial charge >= 0.3 is 11.9 Å². The van der Waals surface area contributed by atoms with E-state index >= 15 is 0 Å². The van der Waals surface area contributed by atoms with Crippen LogP contribution in [0.5, 0.6) is 0 Å². The van der Waals surface area contributed by atoms with Crippen molar-refractivity contribution in [3.63, 3.8) is 0 Å². The van der Waals surface area contributed by atoms with E-state index < -0.39 is 18.0 Å².